The van der Waals surface area contributed by atoms with Crippen molar-refractivity contribution in [2.24, 2.45) is 0 Å². The van der Waals surface area contributed by atoms with Crippen molar-refractivity contribution < 1.29 is 18.7 Å². The summed E-state index contributed by atoms with van der Waals surface area (Å²) in [5, 5.41) is 11.3. The Bertz CT molecular complexity index is 1220. The lowest BCUT2D eigenvalue weighted by atomic mass is 9.83. The molecule has 0 bridgehead atoms. The first-order valence-corrected chi connectivity index (χ1v) is 13.7. The number of nitrogens with zero attached hydrogens (tertiary/aromatic N) is 1. The molecule has 7 heteroatoms. The van der Waals surface area contributed by atoms with Crippen LogP contribution >= 0.6 is 0 Å². The first-order chi connectivity index (χ1) is 17.5. The molecule has 2 atom stereocenters. The van der Waals surface area contributed by atoms with Gasteiger partial charge in [-0.1, -0.05) is 76.2 Å². The van der Waals surface area contributed by atoms with Gasteiger partial charge >= 0.3 is 0 Å². The first kappa shape index (κ1) is 28.7. The number of aliphatic hydroxyl groups excluding tert-OH is 1. The first-order valence-electron chi connectivity index (χ1n) is 12.5. The molecule has 0 saturated carbocycles. The van der Waals surface area contributed by atoms with E-state index >= 15 is 0 Å². The van der Waals surface area contributed by atoms with Crippen LogP contribution in [0.2, 0.25) is 0 Å². The Morgan fingerprint density at radius 1 is 0.973 bits per heavy atom. The average Bonchev–Trinajstić information content (AvgIpc) is 2.84. The van der Waals surface area contributed by atoms with Gasteiger partial charge in [0.1, 0.15) is 5.25 Å². The summed E-state index contributed by atoms with van der Waals surface area (Å²) >= 11 is -2.69. The molecule has 3 rings (SSSR count). The minimum absolute atomic E-state index is 0.0297. The summed E-state index contributed by atoms with van der Waals surface area (Å²) in [5.74, 6) is -0.642. The molecule has 6 nitrogen and oxygen atoms in total. The van der Waals surface area contributed by atoms with E-state index in [1.165, 1.54) is 0 Å². The van der Waals surface area contributed by atoms with Crippen molar-refractivity contribution in [3.05, 3.63) is 88.5 Å². The molecular formula is C30H37N2O4S-. The van der Waals surface area contributed by atoms with Crippen molar-refractivity contribution in [1.82, 2.24) is 4.90 Å². The minimum atomic E-state index is -2.69. The van der Waals surface area contributed by atoms with Gasteiger partial charge in [0, 0.05) is 12.2 Å². The van der Waals surface area contributed by atoms with E-state index < -0.39 is 22.2 Å². The van der Waals surface area contributed by atoms with Gasteiger partial charge < -0.3 is 19.9 Å². The highest BCUT2D eigenvalue weighted by Gasteiger charge is 2.30. The molecule has 0 aliphatic carbocycles. The maximum absolute atomic E-state index is 13.5. The van der Waals surface area contributed by atoms with Crippen molar-refractivity contribution >= 4 is 22.7 Å². The maximum Gasteiger partial charge on any atom is 0.243 e. The van der Waals surface area contributed by atoms with E-state index in [0.29, 0.717) is 11.3 Å². The fraction of sp³-hybridized carbons (Fsp3) is 0.367. The van der Waals surface area contributed by atoms with Gasteiger partial charge in [-0.25, -0.2) is 0 Å². The molecule has 0 aromatic heterocycles. The fourth-order valence-electron chi connectivity index (χ4n) is 4.63. The molecule has 3 aromatic carbocycles. The van der Waals surface area contributed by atoms with E-state index in [-0.39, 0.29) is 18.4 Å². The van der Waals surface area contributed by atoms with E-state index in [2.05, 4.69) is 5.32 Å². The third-order valence-corrected chi connectivity index (χ3v) is 7.23. The van der Waals surface area contributed by atoms with Gasteiger partial charge in [-0.2, -0.15) is 0 Å². The Kier molecular flexibility index (Phi) is 9.79. The predicted molar refractivity (Wildman–Crippen MR) is 150 cm³/mol. The number of benzene rings is 3. The van der Waals surface area contributed by atoms with Gasteiger partial charge in [0.2, 0.25) is 5.91 Å². The maximum atomic E-state index is 13.5. The Morgan fingerprint density at radius 3 is 2.03 bits per heavy atom. The van der Waals surface area contributed by atoms with Crippen LogP contribution in [0, 0.1) is 0 Å². The molecule has 2 N–H and O–H groups in total. The largest absolute Gasteiger partial charge is 0.771 e. The molecule has 0 aliphatic heterocycles. The number of carbonyl (C=O) groups excluding carboxylic acids is 1. The van der Waals surface area contributed by atoms with Crippen LogP contribution in [0.1, 0.15) is 72.6 Å². The van der Waals surface area contributed by atoms with E-state index in [9.17, 15) is 18.7 Å². The highest BCUT2D eigenvalue weighted by atomic mass is 32.2. The molecular weight excluding hydrogens is 484 g/mol. The number of hydrogen-bond acceptors (Lipinski definition) is 5. The number of nitrogens with one attached hydrogen (secondary N) is 1. The second-order valence-electron chi connectivity index (χ2n) is 10.3. The van der Waals surface area contributed by atoms with E-state index in [0.717, 1.165) is 39.9 Å². The topological polar surface area (TPSA) is 92.7 Å². The molecule has 0 fully saturated rings. The van der Waals surface area contributed by atoms with Crippen molar-refractivity contribution in [2.75, 3.05) is 19.4 Å². The van der Waals surface area contributed by atoms with Crippen LogP contribution in [-0.4, -0.2) is 38.8 Å². The Hall–Kier alpha value is -2.84. The Balaban J connectivity index is 2.10. The summed E-state index contributed by atoms with van der Waals surface area (Å²) in [6.07, 6.45) is 0. The van der Waals surface area contributed by atoms with E-state index in [1.807, 2.05) is 95.2 Å². The highest BCUT2D eigenvalue weighted by Crippen LogP contribution is 2.39. The van der Waals surface area contributed by atoms with E-state index in [4.69, 9.17) is 0 Å². The van der Waals surface area contributed by atoms with Gasteiger partial charge in [-0.05, 0) is 88.1 Å². The molecule has 1 amide bonds. The SMILES string of the molecule is CC(C)c1cc(-c2ccccc2CO)cc(C(C)C)c1C(C(=O)Nc1ccc(CN(C)C)cc1)S(=O)[O-]. The molecule has 2 unspecified atom stereocenters. The highest BCUT2D eigenvalue weighted by molar-refractivity contribution is 7.80. The standard InChI is InChI=1S/C30H38N2O4S/c1-19(2)26-15-23(25-10-8-7-9-22(25)18-33)16-27(20(3)4)28(26)29(37(35)36)30(34)31-24-13-11-21(12-14-24)17-32(5)6/h7-16,19-20,29,33H,17-18H2,1-6H3,(H,31,34)(H,35,36)/p-1. The van der Waals surface area contributed by atoms with Crippen molar-refractivity contribution in [3.63, 3.8) is 0 Å². The van der Waals surface area contributed by atoms with Crippen molar-refractivity contribution in [2.45, 2.75) is 57.9 Å². The fourth-order valence-corrected chi connectivity index (χ4v) is 5.33. The number of aliphatic hydroxyl groups is 1. The molecule has 0 radical (unpaired) electrons. The molecule has 37 heavy (non-hydrogen) atoms. The quantitative estimate of drug-likeness (QED) is 0.333. The van der Waals surface area contributed by atoms with Crippen LogP contribution in [0.5, 0.6) is 0 Å². The normalized spacial score (nSPS) is 13.3. The summed E-state index contributed by atoms with van der Waals surface area (Å²) in [6, 6.07) is 19.0. The molecule has 0 saturated heterocycles. The number of hydrogen-bond donors (Lipinski definition) is 2. The van der Waals surface area contributed by atoms with Gasteiger partial charge in [0.05, 0.1) is 6.61 Å². The summed E-state index contributed by atoms with van der Waals surface area (Å²) in [7, 11) is 3.96. The Labute approximate surface area is 223 Å². The molecule has 198 valence electrons. The van der Waals surface area contributed by atoms with Crippen molar-refractivity contribution in [1.29, 1.82) is 0 Å². The zero-order valence-corrected chi connectivity index (χ0v) is 23.3. The summed E-state index contributed by atoms with van der Waals surface area (Å²) in [4.78, 5) is 15.5. The zero-order valence-electron chi connectivity index (χ0n) is 22.4. The molecule has 3 aromatic rings. The van der Waals surface area contributed by atoms with Gasteiger partial charge in [-0.15, -0.1) is 0 Å². The number of amides is 1. The molecule has 0 spiro atoms. The van der Waals surface area contributed by atoms with Crippen LogP contribution in [0.25, 0.3) is 11.1 Å². The van der Waals surface area contributed by atoms with Crippen LogP contribution in [0.3, 0.4) is 0 Å². The smallest absolute Gasteiger partial charge is 0.243 e. The third kappa shape index (κ3) is 6.93. The predicted octanol–water partition coefficient (Wildman–Crippen LogP) is 5.71. The van der Waals surface area contributed by atoms with Crippen LogP contribution in [0.4, 0.5) is 5.69 Å². The second kappa shape index (κ2) is 12.6. The van der Waals surface area contributed by atoms with E-state index in [1.54, 1.807) is 12.1 Å². The lowest BCUT2D eigenvalue weighted by molar-refractivity contribution is -0.116. The van der Waals surface area contributed by atoms with Crippen molar-refractivity contribution in [3.8, 4) is 11.1 Å². The van der Waals surface area contributed by atoms with Gasteiger partial charge in [0.15, 0.2) is 0 Å². The van der Waals surface area contributed by atoms with Crippen LogP contribution in [-0.2, 0) is 29.0 Å². The number of anilines is 1. The average molecular weight is 522 g/mol. The summed E-state index contributed by atoms with van der Waals surface area (Å²) < 4.78 is 25.2. The zero-order chi connectivity index (χ0) is 27.3. The van der Waals surface area contributed by atoms with Crippen LogP contribution < -0.4 is 5.32 Å². The monoisotopic (exact) mass is 521 g/mol. The molecule has 0 aliphatic rings. The lowest BCUT2D eigenvalue weighted by Crippen LogP contribution is -2.27. The second-order valence-corrected chi connectivity index (χ2v) is 11.2. The lowest BCUT2D eigenvalue weighted by Gasteiger charge is -2.29. The molecule has 0 heterocycles. The number of rotatable bonds is 10. The van der Waals surface area contributed by atoms with Gasteiger partial charge in [-0.3, -0.25) is 9.00 Å². The third-order valence-electron chi connectivity index (χ3n) is 6.40. The van der Waals surface area contributed by atoms with Crippen LogP contribution in [0.15, 0.2) is 60.7 Å². The van der Waals surface area contributed by atoms with Gasteiger partial charge in [0.25, 0.3) is 0 Å². The summed E-state index contributed by atoms with van der Waals surface area (Å²) in [6.45, 7) is 8.65. The minimum Gasteiger partial charge on any atom is -0.771 e. The summed E-state index contributed by atoms with van der Waals surface area (Å²) in [5.41, 5.74) is 6.36. The Morgan fingerprint density at radius 2 is 1.54 bits per heavy atom. The number of carbonyl (C=O) groups is 1.